The zero-order chi connectivity index (χ0) is 21.6. The topological polar surface area (TPSA) is 76.0 Å². The van der Waals surface area contributed by atoms with Crippen molar-refractivity contribution in [1.29, 1.82) is 0 Å². The van der Waals surface area contributed by atoms with Gasteiger partial charge in [-0.05, 0) is 26.0 Å². The highest BCUT2D eigenvalue weighted by atomic mass is 19.2. The van der Waals surface area contributed by atoms with Gasteiger partial charge in [0.05, 0.1) is 17.8 Å². The minimum atomic E-state index is -1.69. The van der Waals surface area contributed by atoms with Gasteiger partial charge < -0.3 is 10.6 Å². The largest absolute Gasteiger partial charge is 0.322 e. The Kier molecular flexibility index (Phi) is 4.81. The Labute approximate surface area is 169 Å². The van der Waals surface area contributed by atoms with Crippen molar-refractivity contribution in [2.75, 3.05) is 10.6 Å². The van der Waals surface area contributed by atoms with Gasteiger partial charge in [0.25, 0.3) is 0 Å². The third kappa shape index (κ3) is 3.32. The van der Waals surface area contributed by atoms with Crippen LogP contribution in [0.1, 0.15) is 23.6 Å². The lowest BCUT2D eigenvalue weighted by atomic mass is 10.1. The van der Waals surface area contributed by atoms with E-state index in [9.17, 15) is 22.8 Å². The normalized spacial score (nSPS) is 15.5. The van der Waals surface area contributed by atoms with E-state index in [1.165, 1.54) is 4.68 Å². The number of aromatic nitrogens is 2. The molecule has 6 nitrogen and oxygen atoms in total. The van der Waals surface area contributed by atoms with Crippen LogP contribution in [-0.2, 0) is 9.59 Å². The van der Waals surface area contributed by atoms with Crippen molar-refractivity contribution < 1.29 is 22.8 Å². The first kappa shape index (κ1) is 19.7. The van der Waals surface area contributed by atoms with Gasteiger partial charge in [-0.3, -0.25) is 9.59 Å². The van der Waals surface area contributed by atoms with Gasteiger partial charge in [0.2, 0.25) is 11.8 Å². The van der Waals surface area contributed by atoms with E-state index < -0.39 is 41.0 Å². The molecule has 0 saturated carbocycles. The van der Waals surface area contributed by atoms with E-state index in [-0.39, 0.29) is 6.42 Å². The fraction of sp³-hybridized carbons (Fsp3) is 0.190. The highest BCUT2D eigenvalue weighted by molar-refractivity contribution is 6.02. The number of carbonyl (C=O) groups is 2. The number of amides is 2. The van der Waals surface area contributed by atoms with E-state index in [4.69, 9.17) is 0 Å². The van der Waals surface area contributed by atoms with E-state index in [0.29, 0.717) is 23.1 Å². The first-order valence-electron chi connectivity index (χ1n) is 9.16. The molecule has 30 heavy (non-hydrogen) atoms. The van der Waals surface area contributed by atoms with Crippen molar-refractivity contribution in [3.63, 3.8) is 0 Å². The zero-order valence-corrected chi connectivity index (χ0v) is 16.1. The number of aryl methyl sites for hydroxylation is 1. The molecule has 1 atom stereocenters. The second-order valence-corrected chi connectivity index (χ2v) is 7.11. The quantitative estimate of drug-likeness (QED) is 0.634. The van der Waals surface area contributed by atoms with Crippen LogP contribution >= 0.6 is 0 Å². The molecular weight excluding hydrogens is 397 g/mol. The van der Waals surface area contributed by atoms with Crippen molar-refractivity contribution in [3.8, 4) is 11.3 Å². The minimum absolute atomic E-state index is 0.238. The lowest BCUT2D eigenvalue weighted by Gasteiger charge is -2.24. The molecule has 0 saturated heterocycles. The molecule has 2 amide bonds. The van der Waals surface area contributed by atoms with Crippen LogP contribution in [0, 0.1) is 31.3 Å². The maximum atomic E-state index is 14.0. The molecule has 2 aromatic carbocycles. The van der Waals surface area contributed by atoms with Crippen LogP contribution in [0.5, 0.6) is 0 Å². The summed E-state index contributed by atoms with van der Waals surface area (Å²) in [7, 11) is 0. The van der Waals surface area contributed by atoms with Crippen LogP contribution in [0.15, 0.2) is 36.4 Å². The van der Waals surface area contributed by atoms with Crippen molar-refractivity contribution in [1.82, 2.24) is 9.78 Å². The number of hydrogen-bond donors (Lipinski definition) is 2. The van der Waals surface area contributed by atoms with Gasteiger partial charge in [-0.25, -0.2) is 17.9 Å². The molecule has 1 aliphatic heterocycles. The van der Waals surface area contributed by atoms with E-state index in [1.807, 2.05) is 31.2 Å². The van der Waals surface area contributed by atoms with Gasteiger partial charge in [-0.2, -0.15) is 5.10 Å². The van der Waals surface area contributed by atoms with Crippen LogP contribution < -0.4 is 10.6 Å². The first-order valence-corrected chi connectivity index (χ1v) is 9.16. The average molecular weight is 414 g/mol. The molecule has 2 N–H and O–H groups in total. The first-order chi connectivity index (χ1) is 14.3. The maximum Gasteiger partial charge on any atom is 0.249 e. The van der Waals surface area contributed by atoms with Crippen molar-refractivity contribution >= 4 is 23.3 Å². The molecule has 154 valence electrons. The Morgan fingerprint density at radius 3 is 2.50 bits per heavy atom. The van der Waals surface area contributed by atoms with Gasteiger partial charge in [0, 0.05) is 11.1 Å². The summed E-state index contributed by atoms with van der Waals surface area (Å²) < 4.78 is 41.9. The second kappa shape index (κ2) is 7.33. The number of halogens is 3. The number of anilines is 2. The Bertz CT molecular complexity index is 1170. The zero-order valence-electron chi connectivity index (χ0n) is 16.1. The summed E-state index contributed by atoms with van der Waals surface area (Å²) >= 11 is 0. The number of rotatable bonds is 3. The molecule has 0 bridgehead atoms. The summed E-state index contributed by atoms with van der Waals surface area (Å²) in [5.41, 5.74) is 2.61. The maximum absolute atomic E-state index is 14.0. The molecule has 0 fully saturated rings. The fourth-order valence-corrected chi connectivity index (χ4v) is 3.37. The Morgan fingerprint density at radius 1 is 1.10 bits per heavy atom. The highest BCUT2D eigenvalue weighted by Gasteiger charge is 2.34. The number of fused-ring (bicyclic) bond motifs is 1. The van der Waals surface area contributed by atoms with Crippen molar-refractivity contribution in [2.45, 2.75) is 26.3 Å². The summed E-state index contributed by atoms with van der Waals surface area (Å²) in [6.07, 6.45) is -0.238. The molecule has 0 unspecified atom stereocenters. The van der Waals surface area contributed by atoms with Gasteiger partial charge in [0.15, 0.2) is 17.5 Å². The molecular formula is C21H17F3N4O2. The monoisotopic (exact) mass is 414 g/mol. The number of nitrogens with zero attached hydrogens (tertiary/aromatic N) is 2. The molecule has 0 aliphatic carbocycles. The number of nitrogens with one attached hydrogen (secondary N) is 2. The smallest absolute Gasteiger partial charge is 0.249 e. The third-order valence-electron chi connectivity index (χ3n) is 5.00. The molecule has 4 rings (SSSR count). The van der Waals surface area contributed by atoms with Crippen LogP contribution in [-0.4, -0.2) is 21.6 Å². The minimum Gasteiger partial charge on any atom is -0.322 e. The van der Waals surface area contributed by atoms with Crippen LogP contribution in [0.4, 0.5) is 24.7 Å². The summed E-state index contributed by atoms with van der Waals surface area (Å²) in [6.45, 7) is 3.72. The predicted molar refractivity (Wildman–Crippen MR) is 104 cm³/mol. The Hall–Kier alpha value is -3.62. The number of carbonyl (C=O) groups excluding carboxylic acids is 2. The predicted octanol–water partition coefficient (Wildman–Crippen LogP) is 4.11. The SMILES string of the molecule is Cc1ccc(-c2nn3c(c2C)NC(=O)C[C@H]3C(=O)Nc2ccc(F)c(F)c2F)cc1. The lowest BCUT2D eigenvalue weighted by molar-refractivity contribution is -0.125. The molecule has 0 spiro atoms. The van der Waals surface area contributed by atoms with Gasteiger partial charge >= 0.3 is 0 Å². The molecule has 0 radical (unpaired) electrons. The molecule has 1 aromatic heterocycles. The van der Waals surface area contributed by atoms with Crippen molar-refractivity contribution in [3.05, 3.63) is 65.0 Å². The third-order valence-corrected chi connectivity index (χ3v) is 5.00. The standard InChI is InChI=1S/C21H17F3N4O2/c1-10-3-5-12(6-4-10)19-11(2)20-26-16(29)9-15(28(20)27-19)21(30)25-14-8-7-13(22)17(23)18(14)24/h3-8,15H,9H2,1-2H3,(H,25,30)(H,26,29)/t15-/m0/s1. The van der Waals surface area contributed by atoms with E-state index >= 15 is 0 Å². The molecule has 3 aromatic rings. The number of benzene rings is 2. The molecule has 2 heterocycles. The lowest BCUT2D eigenvalue weighted by Crippen LogP contribution is -2.36. The van der Waals surface area contributed by atoms with Crippen LogP contribution in [0.25, 0.3) is 11.3 Å². The molecule has 9 heteroatoms. The van der Waals surface area contributed by atoms with Crippen LogP contribution in [0.3, 0.4) is 0 Å². The summed E-state index contributed by atoms with van der Waals surface area (Å²) in [5, 5.41) is 9.42. The van der Waals surface area contributed by atoms with Gasteiger partial charge in [0.1, 0.15) is 11.9 Å². The fourth-order valence-electron chi connectivity index (χ4n) is 3.37. The van der Waals surface area contributed by atoms with E-state index in [0.717, 1.165) is 17.2 Å². The van der Waals surface area contributed by atoms with Gasteiger partial charge in [-0.1, -0.05) is 29.8 Å². The van der Waals surface area contributed by atoms with Gasteiger partial charge in [-0.15, -0.1) is 0 Å². The molecule has 1 aliphatic rings. The van der Waals surface area contributed by atoms with E-state index in [2.05, 4.69) is 15.7 Å². The Balaban J connectivity index is 1.70. The Morgan fingerprint density at radius 2 is 1.80 bits per heavy atom. The summed E-state index contributed by atoms with van der Waals surface area (Å²) in [5.74, 6) is -5.39. The number of hydrogen-bond acceptors (Lipinski definition) is 3. The summed E-state index contributed by atoms with van der Waals surface area (Å²) in [4.78, 5) is 25.0. The van der Waals surface area contributed by atoms with Crippen LogP contribution in [0.2, 0.25) is 0 Å². The van der Waals surface area contributed by atoms with Crippen molar-refractivity contribution in [2.24, 2.45) is 0 Å². The van der Waals surface area contributed by atoms with E-state index in [1.54, 1.807) is 6.92 Å². The summed E-state index contributed by atoms with van der Waals surface area (Å²) in [6, 6.07) is 8.14. The average Bonchev–Trinajstić information content (AvgIpc) is 3.05. The highest BCUT2D eigenvalue weighted by Crippen LogP contribution is 2.34. The second-order valence-electron chi connectivity index (χ2n) is 7.11.